The molecule has 0 spiro atoms. The Balaban J connectivity index is 2.67. The maximum Gasteiger partial charge on any atom is 0.396 e. The van der Waals surface area contributed by atoms with E-state index in [0.29, 0.717) is 5.92 Å². The Bertz CT molecular complexity index is 390. The van der Waals surface area contributed by atoms with Crippen molar-refractivity contribution in [3.8, 4) is 0 Å². The molecule has 1 aromatic heterocycles. The Morgan fingerprint density at radius 2 is 2.22 bits per heavy atom. The summed E-state index contributed by atoms with van der Waals surface area (Å²) in [5, 5.41) is 5.32. The minimum atomic E-state index is -0.845. The van der Waals surface area contributed by atoms with Crippen molar-refractivity contribution in [2.45, 2.75) is 33.2 Å². The van der Waals surface area contributed by atoms with Gasteiger partial charge in [-0.15, -0.1) is 11.3 Å². The quantitative estimate of drug-likeness (QED) is 0.655. The Hall–Kier alpha value is -1.43. The van der Waals surface area contributed by atoms with Gasteiger partial charge in [0.2, 0.25) is 0 Å². The van der Waals surface area contributed by atoms with Gasteiger partial charge in [-0.05, 0) is 19.3 Å². The van der Waals surface area contributed by atoms with Gasteiger partial charge < -0.3 is 10.1 Å². The summed E-state index contributed by atoms with van der Waals surface area (Å²) in [6, 6.07) is -0.234. The molecule has 0 bridgehead atoms. The van der Waals surface area contributed by atoms with Crippen LogP contribution in [0.15, 0.2) is 11.6 Å². The standard InChI is InChI=1S/C12H18N2O3S/c1-4-17-12(16)10(15)14-9(7-8(2)3)11-13-5-6-18-11/h5-6,8-9H,4,7H2,1-3H3,(H,14,15). The van der Waals surface area contributed by atoms with Gasteiger partial charge in [-0.25, -0.2) is 9.78 Å². The van der Waals surface area contributed by atoms with E-state index < -0.39 is 11.9 Å². The summed E-state index contributed by atoms with van der Waals surface area (Å²) >= 11 is 1.46. The van der Waals surface area contributed by atoms with Crippen LogP contribution in [0.1, 0.15) is 38.2 Å². The van der Waals surface area contributed by atoms with Crippen LogP contribution in [-0.2, 0) is 14.3 Å². The summed E-state index contributed by atoms with van der Waals surface area (Å²) in [7, 11) is 0. The zero-order valence-electron chi connectivity index (χ0n) is 10.8. The predicted molar refractivity (Wildman–Crippen MR) is 69.1 cm³/mol. The average Bonchev–Trinajstić information content (AvgIpc) is 2.81. The van der Waals surface area contributed by atoms with Gasteiger partial charge in [-0.3, -0.25) is 4.79 Å². The molecule has 1 amide bonds. The molecule has 0 aliphatic heterocycles. The van der Waals surface area contributed by atoms with Crippen molar-refractivity contribution in [3.63, 3.8) is 0 Å². The number of carbonyl (C=O) groups is 2. The van der Waals surface area contributed by atoms with E-state index in [0.717, 1.165) is 11.4 Å². The van der Waals surface area contributed by atoms with Crippen LogP contribution in [-0.4, -0.2) is 23.5 Å². The van der Waals surface area contributed by atoms with Crippen molar-refractivity contribution in [3.05, 3.63) is 16.6 Å². The van der Waals surface area contributed by atoms with Gasteiger partial charge in [-0.1, -0.05) is 13.8 Å². The molecule has 1 heterocycles. The van der Waals surface area contributed by atoms with Crippen LogP contribution in [0.5, 0.6) is 0 Å². The first-order chi connectivity index (χ1) is 8.54. The highest BCUT2D eigenvalue weighted by atomic mass is 32.1. The van der Waals surface area contributed by atoms with E-state index in [9.17, 15) is 9.59 Å². The molecule has 0 saturated carbocycles. The van der Waals surface area contributed by atoms with E-state index in [2.05, 4.69) is 28.9 Å². The highest BCUT2D eigenvalue weighted by Crippen LogP contribution is 2.22. The molecule has 100 valence electrons. The van der Waals surface area contributed by atoms with E-state index >= 15 is 0 Å². The number of esters is 1. The van der Waals surface area contributed by atoms with Crippen LogP contribution in [0.4, 0.5) is 0 Å². The molecule has 0 aliphatic rings. The SMILES string of the molecule is CCOC(=O)C(=O)NC(CC(C)C)c1nccs1. The molecule has 1 N–H and O–H groups in total. The minimum Gasteiger partial charge on any atom is -0.459 e. The normalized spacial score (nSPS) is 12.2. The number of ether oxygens (including phenoxy) is 1. The van der Waals surface area contributed by atoms with E-state index in [1.54, 1.807) is 13.1 Å². The number of nitrogens with zero attached hydrogens (tertiary/aromatic N) is 1. The molecule has 5 nitrogen and oxygen atoms in total. The van der Waals surface area contributed by atoms with Crippen molar-refractivity contribution < 1.29 is 14.3 Å². The summed E-state index contributed by atoms with van der Waals surface area (Å²) in [6.07, 6.45) is 2.42. The molecule has 0 saturated heterocycles. The van der Waals surface area contributed by atoms with Crippen LogP contribution in [0, 0.1) is 5.92 Å². The lowest BCUT2D eigenvalue weighted by Gasteiger charge is -2.17. The molecule has 0 radical (unpaired) electrons. The Morgan fingerprint density at radius 3 is 2.72 bits per heavy atom. The van der Waals surface area contributed by atoms with Crippen molar-refractivity contribution in [2.75, 3.05) is 6.61 Å². The molecular formula is C12H18N2O3S. The number of carbonyl (C=O) groups excluding carboxylic acids is 2. The lowest BCUT2D eigenvalue weighted by atomic mass is 10.0. The number of hydrogen-bond donors (Lipinski definition) is 1. The molecule has 0 fully saturated rings. The first-order valence-electron chi connectivity index (χ1n) is 5.91. The molecule has 6 heteroatoms. The van der Waals surface area contributed by atoms with Crippen LogP contribution in [0.25, 0.3) is 0 Å². The van der Waals surface area contributed by atoms with Gasteiger partial charge in [0, 0.05) is 11.6 Å². The third-order valence-electron chi connectivity index (χ3n) is 2.22. The lowest BCUT2D eigenvalue weighted by molar-refractivity contribution is -0.154. The van der Waals surface area contributed by atoms with E-state index in [1.165, 1.54) is 11.3 Å². The summed E-state index contributed by atoms with van der Waals surface area (Å²) in [4.78, 5) is 27.1. The first-order valence-corrected chi connectivity index (χ1v) is 6.79. The molecule has 0 aliphatic carbocycles. The topological polar surface area (TPSA) is 68.3 Å². The monoisotopic (exact) mass is 270 g/mol. The zero-order chi connectivity index (χ0) is 13.5. The van der Waals surface area contributed by atoms with Crippen molar-refractivity contribution in [2.24, 2.45) is 5.92 Å². The summed E-state index contributed by atoms with van der Waals surface area (Å²) in [5.41, 5.74) is 0. The Kier molecular flexibility index (Phi) is 5.77. The molecule has 1 aromatic rings. The van der Waals surface area contributed by atoms with Crippen LogP contribution >= 0.6 is 11.3 Å². The van der Waals surface area contributed by atoms with Gasteiger partial charge in [0.15, 0.2) is 0 Å². The van der Waals surface area contributed by atoms with Crippen LogP contribution in [0.2, 0.25) is 0 Å². The average molecular weight is 270 g/mol. The number of thiazole rings is 1. The van der Waals surface area contributed by atoms with Crippen molar-refractivity contribution in [1.29, 1.82) is 0 Å². The molecular weight excluding hydrogens is 252 g/mol. The van der Waals surface area contributed by atoms with Crippen molar-refractivity contribution in [1.82, 2.24) is 10.3 Å². The van der Waals surface area contributed by atoms with E-state index in [1.807, 2.05) is 5.38 Å². The maximum absolute atomic E-state index is 11.6. The summed E-state index contributed by atoms with van der Waals surface area (Å²) in [6.45, 7) is 5.96. The highest BCUT2D eigenvalue weighted by Gasteiger charge is 2.23. The number of amides is 1. The number of aromatic nitrogens is 1. The summed E-state index contributed by atoms with van der Waals surface area (Å²) in [5.74, 6) is -1.16. The predicted octanol–water partition coefficient (Wildman–Crippen LogP) is 1.91. The maximum atomic E-state index is 11.6. The second-order valence-corrected chi connectivity index (χ2v) is 5.17. The summed E-state index contributed by atoms with van der Waals surface area (Å²) < 4.78 is 4.66. The second kappa shape index (κ2) is 7.10. The molecule has 1 rings (SSSR count). The molecule has 18 heavy (non-hydrogen) atoms. The van der Waals surface area contributed by atoms with Crippen LogP contribution in [0.3, 0.4) is 0 Å². The van der Waals surface area contributed by atoms with Gasteiger partial charge in [-0.2, -0.15) is 0 Å². The lowest BCUT2D eigenvalue weighted by Crippen LogP contribution is -2.36. The van der Waals surface area contributed by atoms with Gasteiger partial charge >= 0.3 is 11.9 Å². The molecule has 1 atom stereocenters. The fraction of sp³-hybridized carbons (Fsp3) is 0.583. The largest absolute Gasteiger partial charge is 0.459 e. The highest BCUT2D eigenvalue weighted by molar-refractivity contribution is 7.09. The molecule has 1 unspecified atom stereocenters. The minimum absolute atomic E-state index is 0.193. The zero-order valence-corrected chi connectivity index (χ0v) is 11.6. The van der Waals surface area contributed by atoms with E-state index in [-0.39, 0.29) is 12.6 Å². The fourth-order valence-electron chi connectivity index (χ4n) is 1.51. The molecule has 0 aromatic carbocycles. The van der Waals surface area contributed by atoms with Crippen LogP contribution < -0.4 is 5.32 Å². The Labute approximate surface area is 111 Å². The van der Waals surface area contributed by atoms with Gasteiger partial charge in [0.05, 0.1) is 12.6 Å². The number of hydrogen-bond acceptors (Lipinski definition) is 5. The number of nitrogens with one attached hydrogen (secondary N) is 1. The third kappa shape index (κ3) is 4.44. The third-order valence-corrected chi connectivity index (χ3v) is 3.11. The number of rotatable bonds is 5. The Morgan fingerprint density at radius 1 is 1.50 bits per heavy atom. The van der Waals surface area contributed by atoms with Gasteiger partial charge in [0.25, 0.3) is 0 Å². The van der Waals surface area contributed by atoms with Crippen molar-refractivity contribution >= 4 is 23.2 Å². The van der Waals surface area contributed by atoms with E-state index in [4.69, 9.17) is 0 Å². The second-order valence-electron chi connectivity index (χ2n) is 4.25. The smallest absolute Gasteiger partial charge is 0.396 e. The van der Waals surface area contributed by atoms with Gasteiger partial charge in [0.1, 0.15) is 5.01 Å². The first kappa shape index (κ1) is 14.6. The fourth-order valence-corrected chi connectivity index (χ4v) is 2.22.